The molecule has 0 radical (unpaired) electrons. The van der Waals surface area contributed by atoms with Gasteiger partial charge in [0.2, 0.25) is 0 Å². The average molecular weight is 249 g/mol. The Morgan fingerprint density at radius 1 is 1.53 bits per heavy atom. The number of hydrogen-bond donors (Lipinski definition) is 1. The smallest absolute Gasteiger partial charge is 0.305 e. The molecular weight excluding hydrogens is 231 g/mol. The molecule has 17 heavy (non-hydrogen) atoms. The van der Waals surface area contributed by atoms with Gasteiger partial charge in [0, 0.05) is 13.1 Å². The van der Waals surface area contributed by atoms with Crippen LogP contribution in [0.15, 0.2) is 0 Å². The average Bonchev–Trinajstić information content (AvgIpc) is 2.30. The number of nitrogens with zero attached hydrogens (tertiary/aromatic N) is 2. The summed E-state index contributed by atoms with van der Waals surface area (Å²) in [6.45, 7) is 1.32. The number of likely N-dealkylation sites (tertiary alicyclic amines) is 1. The minimum atomic E-state index is -4.09. The van der Waals surface area contributed by atoms with Crippen molar-refractivity contribution < 1.29 is 13.2 Å². The molecule has 0 aromatic heterocycles. The van der Waals surface area contributed by atoms with Gasteiger partial charge in [0.25, 0.3) is 0 Å². The first-order chi connectivity index (χ1) is 7.97. The Kier molecular flexibility index (Phi) is 5.22. The second-order valence-corrected chi connectivity index (χ2v) is 4.44. The lowest BCUT2D eigenvalue weighted by atomic mass is 9.97. The van der Waals surface area contributed by atoms with Crippen molar-refractivity contribution in [2.45, 2.75) is 31.5 Å². The van der Waals surface area contributed by atoms with Crippen molar-refractivity contribution in [3.05, 3.63) is 0 Å². The van der Waals surface area contributed by atoms with Crippen molar-refractivity contribution in [2.75, 3.05) is 26.7 Å². The van der Waals surface area contributed by atoms with Crippen LogP contribution in [-0.4, -0.2) is 43.8 Å². The fraction of sp³-hybridized carbons (Fsp3) is 0.909. The van der Waals surface area contributed by atoms with E-state index in [0.717, 1.165) is 0 Å². The number of alkyl halides is 3. The molecular formula is C11H18F3N3. The second-order valence-electron chi connectivity index (χ2n) is 4.44. The number of nitrogens with one attached hydrogen (secondary N) is 1. The van der Waals surface area contributed by atoms with Gasteiger partial charge in [-0.15, -0.1) is 0 Å². The zero-order valence-corrected chi connectivity index (χ0v) is 9.93. The first-order valence-electron chi connectivity index (χ1n) is 5.83. The van der Waals surface area contributed by atoms with Crippen LogP contribution in [-0.2, 0) is 0 Å². The highest BCUT2D eigenvalue weighted by Gasteiger charge is 2.41. The molecule has 98 valence electrons. The Balaban J connectivity index is 2.38. The topological polar surface area (TPSA) is 39.1 Å². The number of halogens is 3. The molecule has 0 bridgehead atoms. The van der Waals surface area contributed by atoms with Gasteiger partial charge in [-0.25, -0.2) is 0 Å². The van der Waals surface area contributed by atoms with Crippen LogP contribution >= 0.6 is 0 Å². The van der Waals surface area contributed by atoms with E-state index in [-0.39, 0.29) is 19.0 Å². The monoisotopic (exact) mass is 249 g/mol. The summed E-state index contributed by atoms with van der Waals surface area (Å²) in [4.78, 5) is 1.81. The van der Waals surface area contributed by atoms with Gasteiger partial charge < -0.3 is 10.2 Å². The van der Waals surface area contributed by atoms with Gasteiger partial charge in [-0.1, -0.05) is 0 Å². The maximum Gasteiger partial charge on any atom is 0.393 e. The lowest BCUT2D eigenvalue weighted by Gasteiger charge is -2.33. The largest absolute Gasteiger partial charge is 0.393 e. The first kappa shape index (κ1) is 14.3. The highest BCUT2D eigenvalue weighted by molar-refractivity contribution is 4.89. The third kappa shape index (κ3) is 4.52. The molecule has 0 spiro atoms. The van der Waals surface area contributed by atoms with Gasteiger partial charge in [0.05, 0.1) is 18.0 Å². The molecule has 1 aliphatic rings. The van der Waals surface area contributed by atoms with E-state index in [2.05, 4.69) is 11.4 Å². The van der Waals surface area contributed by atoms with Crippen LogP contribution < -0.4 is 5.32 Å². The minimum Gasteiger partial charge on any atom is -0.305 e. The fourth-order valence-electron chi connectivity index (χ4n) is 2.11. The number of rotatable bonds is 4. The predicted molar refractivity (Wildman–Crippen MR) is 58.3 cm³/mol. The third-order valence-electron chi connectivity index (χ3n) is 3.21. The molecule has 1 fully saturated rings. The molecule has 0 amide bonds. The van der Waals surface area contributed by atoms with Gasteiger partial charge in [0.1, 0.15) is 0 Å². The normalized spacial score (nSPS) is 24.3. The SMILES string of the molecule is CNC(C#N)CCN1CCCC(C(F)(F)F)C1. The Hall–Kier alpha value is -0.800. The number of piperidine rings is 1. The molecule has 1 saturated heterocycles. The van der Waals surface area contributed by atoms with Gasteiger partial charge >= 0.3 is 6.18 Å². The van der Waals surface area contributed by atoms with Crippen LogP contribution in [0.25, 0.3) is 0 Å². The summed E-state index contributed by atoms with van der Waals surface area (Å²) in [7, 11) is 1.68. The van der Waals surface area contributed by atoms with E-state index in [1.54, 1.807) is 7.05 Å². The predicted octanol–water partition coefficient (Wildman–Crippen LogP) is 1.76. The van der Waals surface area contributed by atoms with Crippen LogP contribution in [0, 0.1) is 17.2 Å². The van der Waals surface area contributed by atoms with Crippen molar-refractivity contribution in [3.63, 3.8) is 0 Å². The van der Waals surface area contributed by atoms with Gasteiger partial charge in [-0.3, -0.25) is 0 Å². The minimum absolute atomic E-state index is 0.0748. The summed E-state index contributed by atoms with van der Waals surface area (Å²) in [6, 6.07) is 1.80. The maximum absolute atomic E-state index is 12.6. The third-order valence-corrected chi connectivity index (χ3v) is 3.21. The number of nitriles is 1. The van der Waals surface area contributed by atoms with Crippen LogP contribution in [0.1, 0.15) is 19.3 Å². The van der Waals surface area contributed by atoms with Gasteiger partial charge in [-0.05, 0) is 32.9 Å². The van der Waals surface area contributed by atoms with E-state index >= 15 is 0 Å². The lowest BCUT2D eigenvalue weighted by Crippen LogP contribution is -2.43. The molecule has 0 aliphatic carbocycles. The molecule has 1 heterocycles. The lowest BCUT2D eigenvalue weighted by molar-refractivity contribution is -0.186. The number of hydrogen-bond acceptors (Lipinski definition) is 3. The summed E-state index contributed by atoms with van der Waals surface area (Å²) in [5.74, 6) is -1.20. The van der Waals surface area contributed by atoms with Gasteiger partial charge in [-0.2, -0.15) is 18.4 Å². The van der Waals surface area contributed by atoms with Crippen molar-refractivity contribution in [3.8, 4) is 6.07 Å². The molecule has 0 aromatic carbocycles. The van der Waals surface area contributed by atoms with Crippen LogP contribution in [0.5, 0.6) is 0 Å². The summed E-state index contributed by atoms with van der Waals surface area (Å²) < 4.78 is 37.7. The molecule has 1 rings (SSSR count). The Labute approximate surface area is 99.6 Å². The molecule has 2 atom stereocenters. The maximum atomic E-state index is 12.6. The van der Waals surface area contributed by atoms with Gasteiger partial charge in [0.15, 0.2) is 0 Å². The van der Waals surface area contributed by atoms with E-state index in [9.17, 15) is 13.2 Å². The summed E-state index contributed by atoms with van der Waals surface area (Å²) in [5, 5.41) is 11.5. The van der Waals surface area contributed by atoms with Crippen molar-refractivity contribution in [1.82, 2.24) is 10.2 Å². The summed E-state index contributed by atoms with van der Waals surface area (Å²) in [5.41, 5.74) is 0. The second kappa shape index (κ2) is 6.22. The fourth-order valence-corrected chi connectivity index (χ4v) is 2.11. The van der Waals surface area contributed by atoms with Crippen LogP contribution in [0.2, 0.25) is 0 Å². The zero-order chi connectivity index (χ0) is 12.9. The highest BCUT2D eigenvalue weighted by atomic mass is 19.4. The van der Waals surface area contributed by atoms with E-state index in [1.165, 1.54) is 0 Å². The highest BCUT2D eigenvalue weighted by Crippen LogP contribution is 2.33. The van der Waals surface area contributed by atoms with E-state index in [0.29, 0.717) is 25.9 Å². The molecule has 6 heteroatoms. The van der Waals surface area contributed by atoms with Crippen LogP contribution in [0.4, 0.5) is 13.2 Å². The molecule has 2 unspecified atom stereocenters. The Morgan fingerprint density at radius 2 is 2.24 bits per heavy atom. The Bertz CT molecular complexity index is 272. The van der Waals surface area contributed by atoms with Crippen molar-refractivity contribution in [2.24, 2.45) is 5.92 Å². The Morgan fingerprint density at radius 3 is 2.76 bits per heavy atom. The molecule has 0 saturated carbocycles. The van der Waals surface area contributed by atoms with Crippen molar-refractivity contribution >= 4 is 0 Å². The molecule has 0 aromatic rings. The van der Waals surface area contributed by atoms with Crippen LogP contribution in [0.3, 0.4) is 0 Å². The first-order valence-corrected chi connectivity index (χ1v) is 5.83. The van der Waals surface area contributed by atoms with Crippen molar-refractivity contribution in [1.29, 1.82) is 5.26 Å². The molecule has 1 N–H and O–H groups in total. The summed E-state index contributed by atoms with van der Waals surface area (Å²) in [6.07, 6.45) is -2.71. The molecule has 1 aliphatic heterocycles. The summed E-state index contributed by atoms with van der Waals surface area (Å²) >= 11 is 0. The zero-order valence-electron chi connectivity index (χ0n) is 9.93. The standard InChI is InChI=1S/C11H18F3N3/c1-16-10(7-15)4-6-17-5-2-3-9(8-17)11(12,13)14/h9-10,16H,2-6,8H2,1H3. The molecule has 3 nitrogen and oxygen atoms in total. The van der Waals surface area contributed by atoms with E-state index in [1.807, 2.05) is 4.90 Å². The quantitative estimate of drug-likeness (QED) is 0.825. The van der Waals surface area contributed by atoms with E-state index < -0.39 is 12.1 Å². The van der Waals surface area contributed by atoms with E-state index in [4.69, 9.17) is 5.26 Å².